The van der Waals surface area contributed by atoms with Crippen LogP contribution in [0.5, 0.6) is 0 Å². The number of hydrogen-bond donors (Lipinski definition) is 1. The third kappa shape index (κ3) is 4.33. The van der Waals surface area contributed by atoms with Gasteiger partial charge in [-0.25, -0.2) is 4.79 Å². The molecule has 136 valence electrons. The van der Waals surface area contributed by atoms with E-state index >= 15 is 0 Å². The Morgan fingerprint density at radius 2 is 1.72 bits per heavy atom. The van der Waals surface area contributed by atoms with Gasteiger partial charge in [0.2, 0.25) is 5.91 Å². The standard InChI is InChI=1S/C20H29N3O2/c1-15-6-5-7-18(16(15)2)21-20(25)23-12-8-17(9-13-23)14-19(24)22-10-3-4-11-22/h5-7,17H,3-4,8-14H2,1-2H3,(H,21,25). The zero-order valence-corrected chi connectivity index (χ0v) is 15.4. The summed E-state index contributed by atoms with van der Waals surface area (Å²) in [7, 11) is 0. The molecule has 0 atom stereocenters. The Bertz CT molecular complexity index is 630. The predicted octanol–water partition coefficient (Wildman–Crippen LogP) is 3.56. The number of carbonyl (C=O) groups is 2. The number of piperidine rings is 1. The summed E-state index contributed by atoms with van der Waals surface area (Å²) in [6, 6.07) is 5.93. The lowest BCUT2D eigenvalue weighted by Crippen LogP contribution is -2.42. The minimum Gasteiger partial charge on any atom is -0.343 e. The SMILES string of the molecule is Cc1cccc(NC(=O)N2CCC(CC(=O)N3CCCC3)CC2)c1C. The number of hydrogen-bond acceptors (Lipinski definition) is 2. The van der Waals surface area contributed by atoms with Crippen molar-refractivity contribution < 1.29 is 9.59 Å². The number of nitrogens with zero attached hydrogens (tertiary/aromatic N) is 2. The second-order valence-corrected chi connectivity index (χ2v) is 7.40. The van der Waals surface area contributed by atoms with Crippen LogP contribution in [0.1, 0.15) is 43.2 Å². The van der Waals surface area contributed by atoms with Crippen molar-refractivity contribution in [3.05, 3.63) is 29.3 Å². The molecule has 0 aliphatic carbocycles. The Hall–Kier alpha value is -2.04. The van der Waals surface area contributed by atoms with E-state index < -0.39 is 0 Å². The van der Waals surface area contributed by atoms with Gasteiger partial charge in [0.1, 0.15) is 0 Å². The van der Waals surface area contributed by atoms with Gasteiger partial charge in [-0.1, -0.05) is 12.1 Å². The lowest BCUT2D eigenvalue weighted by molar-refractivity contribution is -0.131. The first-order chi connectivity index (χ1) is 12.0. The fourth-order valence-corrected chi connectivity index (χ4v) is 3.76. The molecule has 0 radical (unpaired) electrons. The maximum atomic E-state index is 12.5. The second kappa shape index (κ2) is 7.89. The van der Waals surface area contributed by atoms with Crippen LogP contribution in [0.2, 0.25) is 0 Å². The van der Waals surface area contributed by atoms with Crippen molar-refractivity contribution in [1.29, 1.82) is 0 Å². The number of anilines is 1. The fraction of sp³-hybridized carbons (Fsp3) is 0.600. The molecule has 5 heteroatoms. The highest BCUT2D eigenvalue weighted by molar-refractivity contribution is 5.90. The normalized spacial score (nSPS) is 18.5. The van der Waals surface area contributed by atoms with Crippen molar-refractivity contribution in [2.75, 3.05) is 31.5 Å². The summed E-state index contributed by atoms with van der Waals surface area (Å²) in [5, 5.41) is 3.03. The van der Waals surface area contributed by atoms with Crippen molar-refractivity contribution in [2.24, 2.45) is 5.92 Å². The van der Waals surface area contributed by atoms with Crippen LogP contribution in [-0.2, 0) is 4.79 Å². The van der Waals surface area contributed by atoms with Crippen molar-refractivity contribution in [3.63, 3.8) is 0 Å². The van der Waals surface area contributed by atoms with Crippen LogP contribution in [0.4, 0.5) is 10.5 Å². The molecule has 2 fully saturated rings. The molecule has 1 aromatic carbocycles. The Morgan fingerprint density at radius 3 is 2.40 bits per heavy atom. The fourth-order valence-electron chi connectivity index (χ4n) is 3.76. The third-order valence-electron chi connectivity index (χ3n) is 5.67. The molecule has 0 aromatic heterocycles. The first-order valence-corrected chi connectivity index (χ1v) is 9.44. The number of benzene rings is 1. The van der Waals surface area contributed by atoms with Gasteiger partial charge in [0, 0.05) is 38.3 Å². The van der Waals surface area contributed by atoms with Gasteiger partial charge in [-0.2, -0.15) is 0 Å². The topological polar surface area (TPSA) is 52.7 Å². The van der Waals surface area contributed by atoms with Crippen molar-refractivity contribution in [1.82, 2.24) is 9.80 Å². The minimum absolute atomic E-state index is 0.0296. The average molecular weight is 343 g/mol. The van der Waals surface area contributed by atoms with E-state index in [4.69, 9.17) is 0 Å². The lowest BCUT2D eigenvalue weighted by atomic mass is 9.93. The summed E-state index contributed by atoms with van der Waals surface area (Å²) in [6.07, 6.45) is 4.76. The zero-order valence-electron chi connectivity index (χ0n) is 15.4. The van der Waals surface area contributed by atoms with Crippen LogP contribution in [0.3, 0.4) is 0 Å². The van der Waals surface area contributed by atoms with Crippen LogP contribution < -0.4 is 5.32 Å². The van der Waals surface area contributed by atoms with Gasteiger partial charge in [0.05, 0.1) is 0 Å². The molecular formula is C20H29N3O2. The smallest absolute Gasteiger partial charge is 0.321 e. The molecule has 25 heavy (non-hydrogen) atoms. The zero-order chi connectivity index (χ0) is 17.8. The van der Waals surface area contributed by atoms with Gasteiger partial charge < -0.3 is 15.1 Å². The van der Waals surface area contributed by atoms with Crippen molar-refractivity contribution >= 4 is 17.6 Å². The molecule has 2 heterocycles. The van der Waals surface area contributed by atoms with E-state index in [0.717, 1.165) is 63.1 Å². The van der Waals surface area contributed by atoms with Gasteiger partial charge in [-0.3, -0.25) is 4.79 Å². The Balaban J connectivity index is 1.47. The van der Waals surface area contributed by atoms with E-state index in [1.807, 2.05) is 41.8 Å². The van der Waals surface area contributed by atoms with Crippen LogP contribution in [0.15, 0.2) is 18.2 Å². The maximum Gasteiger partial charge on any atom is 0.321 e. The van der Waals surface area contributed by atoms with Crippen LogP contribution >= 0.6 is 0 Å². The lowest BCUT2D eigenvalue weighted by Gasteiger charge is -2.32. The van der Waals surface area contributed by atoms with Gasteiger partial charge in [-0.05, 0) is 62.6 Å². The number of urea groups is 1. The highest BCUT2D eigenvalue weighted by Gasteiger charge is 2.27. The molecule has 3 amide bonds. The Labute approximate surface area is 150 Å². The van der Waals surface area contributed by atoms with Gasteiger partial charge >= 0.3 is 6.03 Å². The van der Waals surface area contributed by atoms with Crippen LogP contribution in [-0.4, -0.2) is 47.9 Å². The summed E-state index contributed by atoms with van der Waals surface area (Å²) in [5.74, 6) is 0.716. The highest BCUT2D eigenvalue weighted by Crippen LogP contribution is 2.24. The molecule has 0 spiro atoms. The highest BCUT2D eigenvalue weighted by atomic mass is 16.2. The molecular weight excluding hydrogens is 314 g/mol. The molecule has 1 aromatic rings. The molecule has 0 saturated carbocycles. The van der Waals surface area contributed by atoms with Gasteiger partial charge in [0.25, 0.3) is 0 Å². The van der Waals surface area contributed by atoms with Gasteiger partial charge in [-0.15, -0.1) is 0 Å². The summed E-state index contributed by atoms with van der Waals surface area (Å²) in [4.78, 5) is 28.7. The number of amides is 3. The largest absolute Gasteiger partial charge is 0.343 e. The Morgan fingerprint density at radius 1 is 1.04 bits per heavy atom. The predicted molar refractivity (Wildman–Crippen MR) is 99.7 cm³/mol. The van der Waals surface area contributed by atoms with Gasteiger partial charge in [0.15, 0.2) is 0 Å². The van der Waals surface area contributed by atoms with Crippen molar-refractivity contribution in [3.8, 4) is 0 Å². The van der Waals surface area contributed by atoms with Crippen LogP contribution in [0.25, 0.3) is 0 Å². The summed E-state index contributed by atoms with van der Waals surface area (Å²) < 4.78 is 0. The summed E-state index contributed by atoms with van der Waals surface area (Å²) in [6.45, 7) is 7.39. The van der Waals surface area contributed by atoms with Crippen LogP contribution in [0, 0.1) is 19.8 Å². The first-order valence-electron chi connectivity index (χ1n) is 9.44. The minimum atomic E-state index is -0.0296. The van der Waals surface area contributed by atoms with E-state index in [1.165, 1.54) is 5.56 Å². The van der Waals surface area contributed by atoms with E-state index in [0.29, 0.717) is 18.2 Å². The number of likely N-dealkylation sites (tertiary alicyclic amines) is 2. The molecule has 2 aliphatic rings. The first kappa shape index (κ1) is 17.8. The number of nitrogens with one attached hydrogen (secondary N) is 1. The molecule has 0 unspecified atom stereocenters. The maximum absolute atomic E-state index is 12.5. The average Bonchev–Trinajstić information content (AvgIpc) is 3.14. The summed E-state index contributed by atoms with van der Waals surface area (Å²) >= 11 is 0. The number of aryl methyl sites for hydroxylation is 1. The van der Waals surface area contributed by atoms with Crippen molar-refractivity contribution in [2.45, 2.75) is 46.0 Å². The molecule has 3 rings (SSSR count). The molecule has 0 bridgehead atoms. The molecule has 2 saturated heterocycles. The van der Waals surface area contributed by atoms with E-state index in [-0.39, 0.29) is 6.03 Å². The third-order valence-corrected chi connectivity index (χ3v) is 5.67. The monoisotopic (exact) mass is 343 g/mol. The summed E-state index contributed by atoms with van der Waals surface area (Å²) in [5.41, 5.74) is 3.18. The second-order valence-electron chi connectivity index (χ2n) is 7.40. The quantitative estimate of drug-likeness (QED) is 0.912. The van der Waals surface area contributed by atoms with E-state index in [2.05, 4.69) is 5.32 Å². The molecule has 1 N–H and O–H groups in total. The molecule has 2 aliphatic heterocycles. The number of carbonyl (C=O) groups excluding carboxylic acids is 2. The number of rotatable bonds is 3. The molecule has 5 nitrogen and oxygen atoms in total. The van der Waals surface area contributed by atoms with E-state index in [9.17, 15) is 9.59 Å². The van der Waals surface area contributed by atoms with E-state index in [1.54, 1.807) is 0 Å². The Kier molecular flexibility index (Phi) is 5.61.